The van der Waals surface area contributed by atoms with Crippen LogP contribution < -0.4 is 9.47 Å². The van der Waals surface area contributed by atoms with Crippen molar-refractivity contribution in [3.63, 3.8) is 0 Å². The Morgan fingerprint density at radius 2 is 1.94 bits per heavy atom. The molecule has 0 radical (unpaired) electrons. The molecule has 1 aliphatic heterocycles. The summed E-state index contributed by atoms with van der Waals surface area (Å²) in [6.07, 6.45) is -0.145. The molecule has 1 N–H and O–H groups in total. The van der Waals surface area contributed by atoms with Crippen LogP contribution in [0.5, 0.6) is 11.5 Å². The van der Waals surface area contributed by atoms with Crippen molar-refractivity contribution in [3.8, 4) is 11.5 Å². The molecule has 0 fully saturated rings. The van der Waals surface area contributed by atoms with Crippen LogP contribution in [0.4, 0.5) is 8.78 Å². The number of halogens is 2. The van der Waals surface area contributed by atoms with Gasteiger partial charge in [-0.1, -0.05) is 6.07 Å². The average molecular weight is 258 g/mol. The molecule has 0 spiro atoms. The second kappa shape index (κ2) is 4.80. The number of carboxylic acid groups (broad SMARTS) is 1. The van der Waals surface area contributed by atoms with E-state index in [0.29, 0.717) is 24.7 Å². The summed E-state index contributed by atoms with van der Waals surface area (Å²) in [5.41, 5.74) is 0.201. The zero-order chi connectivity index (χ0) is 13.2. The molecule has 2 rings (SSSR count). The van der Waals surface area contributed by atoms with E-state index >= 15 is 0 Å². The fourth-order valence-electron chi connectivity index (χ4n) is 1.65. The van der Waals surface area contributed by atoms with Gasteiger partial charge in [-0.15, -0.1) is 0 Å². The zero-order valence-corrected chi connectivity index (χ0v) is 9.49. The third-order valence-electron chi connectivity index (χ3n) is 2.55. The van der Waals surface area contributed by atoms with Crippen LogP contribution in [0.15, 0.2) is 18.2 Å². The molecule has 1 heterocycles. The molecule has 1 aromatic rings. The van der Waals surface area contributed by atoms with Crippen molar-refractivity contribution < 1.29 is 28.2 Å². The second-order valence-corrected chi connectivity index (χ2v) is 4.02. The number of ether oxygens (including phenoxy) is 2. The molecule has 1 aromatic carbocycles. The van der Waals surface area contributed by atoms with Crippen molar-refractivity contribution in [2.45, 2.75) is 18.8 Å². The molecule has 0 aromatic heterocycles. The van der Waals surface area contributed by atoms with Crippen molar-refractivity contribution in [2.24, 2.45) is 0 Å². The molecule has 0 aliphatic carbocycles. The summed E-state index contributed by atoms with van der Waals surface area (Å²) in [5, 5.41) is 8.38. The summed E-state index contributed by atoms with van der Waals surface area (Å²) in [6.45, 7) is 0.962. The first-order valence-corrected chi connectivity index (χ1v) is 5.49. The van der Waals surface area contributed by atoms with Crippen LogP contribution in [-0.4, -0.2) is 30.2 Å². The maximum Gasteiger partial charge on any atom is 0.374 e. The highest BCUT2D eigenvalue weighted by Crippen LogP contribution is 2.32. The van der Waals surface area contributed by atoms with Gasteiger partial charge in [0.1, 0.15) is 0 Å². The molecule has 98 valence electrons. The molecular formula is C12H12F2O4. The van der Waals surface area contributed by atoms with E-state index in [9.17, 15) is 13.6 Å². The van der Waals surface area contributed by atoms with E-state index in [0.717, 1.165) is 6.42 Å². The third-order valence-corrected chi connectivity index (χ3v) is 2.55. The summed E-state index contributed by atoms with van der Waals surface area (Å²) in [5.74, 6) is -5.03. The molecule has 0 saturated heterocycles. The van der Waals surface area contributed by atoms with Crippen LogP contribution in [0.25, 0.3) is 0 Å². The second-order valence-electron chi connectivity index (χ2n) is 4.02. The van der Waals surface area contributed by atoms with Gasteiger partial charge in [0.15, 0.2) is 11.5 Å². The molecular weight excluding hydrogens is 246 g/mol. The molecule has 0 bridgehead atoms. The van der Waals surface area contributed by atoms with E-state index in [1.54, 1.807) is 0 Å². The van der Waals surface area contributed by atoms with Gasteiger partial charge >= 0.3 is 11.9 Å². The summed E-state index contributed by atoms with van der Waals surface area (Å²) in [6, 6.07) is 4.34. The highest BCUT2D eigenvalue weighted by Gasteiger charge is 2.38. The predicted octanol–water partition coefficient (Wildman–Crippen LogP) is 2.11. The van der Waals surface area contributed by atoms with Gasteiger partial charge in [-0.25, -0.2) is 4.79 Å². The van der Waals surface area contributed by atoms with E-state index in [2.05, 4.69) is 0 Å². The standard InChI is InChI=1S/C12H12F2O4/c13-12(14,11(15)16)7-8-2-3-9-10(6-8)18-5-1-4-17-9/h2-3,6H,1,4-5,7H2,(H,15,16). The number of aliphatic carboxylic acids is 1. The van der Waals surface area contributed by atoms with Crippen molar-refractivity contribution in [3.05, 3.63) is 23.8 Å². The van der Waals surface area contributed by atoms with E-state index in [4.69, 9.17) is 14.6 Å². The highest BCUT2D eigenvalue weighted by atomic mass is 19.3. The summed E-state index contributed by atoms with van der Waals surface area (Å²) < 4.78 is 36.8. The average Bonchev–Trinajstić information content (AvgIpc) is 2.52. The number of carbonyl (C=O) groups is 1. The van der Waals surface area contributed by atoms with Crippen molar-refractivity contribution in [2.75, 3.05) is 13.2 Å². The predicted molar refractivity (Wildman–Crippen MR) is 58.3 cm³/mol. The lowest BCUT2D eigenvalue weighted by atomic mass is 10.1. The Labute approximate surface area is 102 Å². The van der Waals surface area contributed by atoms with Gasteiger partial charge in [0.05, 0.1) is 13.2 Å². The number of hydrogen-bond donors (Lipinski definition) is 1. The number of rotatable bonds is 3. The molecule has 0 amide bonds. The summed E-state index contributed by atoms with van der Waals surface area (Å²) in [7, 11) is 0. The van der Waals surface area contributed by atoms with Crippen LogP contribution in [0.2, 0.25) is 0 Å². The molecule has 6 heteroatoms. The first kappa shape index (κ1) is 12.6. The largest absolute Gasteiger partial charge is 0.490 e. The normalized spacial score (nSPS) is 15.0. The van der Waals surface area contributed by atoms with E-state index in [-0.39, 0.29) is 5.56 Å². The van der Waals surface area contributed by atoms with Gasteiger partial charge in [-0.05, 0) is 17.7 Å². The van der Waals surface area contributed by atoms with Crippen LogP contribution in [0.3, 0.4) is 0 Å². The third kappa shape index (κ3) is 2.69. The Balaban J connectivity index is 2.21. The molecule has 1 aliphatic rings. The summed E-state index contributed by atoms with van der Waals surface area (Å²) >= 11 is 0. The monoisotopic (exact) mass is 258 g/mol. The number of hydrogen-bond acceptors (Lipinski definition) is 3. The molecule has 4 nitrogen and oxygen atoms in total. The maximum absolute atomic E-state index is 13.1. The summed E-state index contributed by atoms with van der Waals surface area (Å²) in [4.78, 5) is 10.4. The van der Waals surface area contributed by atoms with Crippen LogP contribution in [0, 0.1) is 0 Å². The Bertz CT molecular complexity index is 459. The Morgan fingerprint density at radius 1 is 1.28 bits per heavy atom. The number of fused-ring (bicyclic) bond motifs is 1. The number of benzene rings is 1. The zero-order valence-electron chi connectivity index (χ0n) is 9.49. The first-order chi connectivity index (χ1) is 8.49. The topological polar surface area (TPSA) is 55.8 Å². The molecule has 0 unspecified atom stereocenters. The van der Waals surface area contributed by atoms with Gasteiger partial charge in [-0.3, -0.25) is 0 Å². The Morgan fingerprint density at radius 3 is 2.61 bits per heavy atom. The van der Waals surface area contributed by atoms with Gasteiger partial charge < -0.3 is 14.6 Å². The van der Waals surface area contributed by atoms with Gasteiger partial charge in [0, 0.05) is 12.8 Å². The number of carboxylic acids is 1. The number of alkyl halides is 2. The molecule has 0 saturated carbocycles. The lowest BCUT2D eigenvalue weighted by Gasteiger charge is -2.13. The Hall–Kier alpha value is -1.85. The van der Waals surface area contributed by atoms with Crippen molar-refractivity contribution in [1.82, 2.24) is 0 Å². The first-order valence-electron chi connectivity index (χ1n) is 5.49. The SMILES string of the molecule is O=C(O)C(F)(F)Cc1ccc2c(c1)OCCCO2. The van der Waals surface area contributed by atoms with E-state index < -0.39 is 18.3 Å². The Kier molecular flexibility index (Phi) is 3.36. The maximum atomic E-state index is 13.1. The quantitative estimate of drug-likeness (QED) is 0.902. The minimum Gasteiger partial charge on any atom is -0.490 e. The van der Waals surface area contributed by atoms with Gasteiger partial charge in [0.25, 0.3) is 0 Å². The van der Waals surface area contributed by atoms with Crippen LogP contribution >= 0.6 is 0 Å². The van der Waals surface area contributed by atoms with Gasteiger partial charge in [0.2, 0.25) is 0 Å². The lowest BCUT2D eigenvalue weighted by Crippen LogP contribution is -2.30. The fourth-order valence-corrected chi connectivity index (χ4v) is 1.65. The van der Waals surface area contributed by atoms with Crippen LogP contribution in [0.1, 0.15) is 12.0 Å². The highest BCUT2D eigenvalue weighted by molar-refractivity contribution is 5.75. The van der Waals surface area contributed by atoms with Crippen LogP contribution in [-0.2, 0) is 11.2 Å². The minimum absolute atomic E-state index is 0.201. The molecule has 0 atom stereocenters. The van der Waals surface area contributed by atoms with Gasteiger partial charge in [-0.2, -0.15) is 8.78 Å². The minimum atomic E-state index is -3.78. The fraction of sp³-hybridized carbons (Fsp3) is 0.417. The lowest BCUT2D eigenvalue weighted by molar-refractivity contribution is -0.164. The van der Waals surface area contributed by atoms with Crippen molar-refractivity contribution >= 4 is 5.97 Å². The molecule has 18 heavy (non-hydrogen) atoms. The van der Waals surface area contributed by atoms with E-state index in [1.165, 1.54) is 18.2 Å². The van der Waals surface area contributed by atoms with Crippen molar-refractivity contribution in [1.29, 1.82) is 0 Å². The van der Waals surface area contributed by atoms with E-state index in [1.807, 2.05) is 0 Å². The smallest absolute Gasteiger partial charge is 0.374 e.